The number of carbonyl (C=O) groups excluding carboxylic acids is 2. The van der Waals surface area contributed by atoms with Crippen LogP contribution >= 0.6 is 11.3 Å². The third-order valence-electron chi connectivity index (χ3n) is 5.37. The second kappa shape index (κ2) is 7.25. The SMILES string of the molecule is CCc1c2sc3ccccc3c2c2c([n+]1-c1ccc(C)cc1)CC(=O)NC2=O.[Cl-]. The largest absolute Gasteiger partial charge is 1.00 e. The molecule has 1 aliphatic rings. The molecule has 1 aliphatic heterocycles. The number of pyridine rings is 1. The summed E-state index contributed by atoms with van der Waals surface area (Å²) in [5, 5.41) is 4.57. The first kappa shape index (κ1) is 19.6. The first-order valence-corrected chi connectivity index (χ1v) is 10.2. The van der Waals surface area contributed by atoms with E-state index in [0.717, 1.165) is 43.7 Å². The first-order chi connectivity index (χ1) is 13.6. The molecular formula is C23H19ClN2O2S. The third kappa shape index (κ3) is 2.93. The minimum atomic E-state index is -0.302. The summed E-state index contributed by atoms with van der Waals surface area (Å²) in [4.78, 5) is 25.2. The lowest BCUT2D eigenvalue weighted by Crippen LogP contribution is -3.00. The van der Waals surface area contributed by atoms with Crippen LogP contribution in [0.3, 0.4) is 0 Å². The van der Waals surface area contributed by atoms with Gasteiger partial charge in [-0.05, 0) is 13.0 Å². The summed E-state index contributed by atoms with van der Waals surface area (Å²) < 4.78 is 4.40. The van der Waals surface area contributed by atoms with Gasteiger partial charge in [-0.2, -0.15) is 4.57 Å². The number of benzene rings is 2. The second-order valence-electron chi connectivity index (χ2n) is 7.15. The molecular weight excluding hydrogens is 404 g/mol. The van der Waals surface area contributed by atoms with Gasteiger partial charge in [-0.3, -0.25) is 14.9 Å². The fourth-order valence-corrected chi connectivity index (χ4v) is 5.45. The van der Waals surface area contributed by atoms with E-state index in [2.05, 4.69) is 60.1 Å². The maximum atomic E-state index is 12.9. The molecule has 0 bridgehead atoms. The van der Waals surface area contributed by atoms with E-state index in [4.69, 9.17) is 0 Å². The predicted molar refractivity (Wildman–Crippen MR) is 111 cm³/mol. The van der Waals surface area contributed by atoms with Crippen LogP contribution in [0.4, 0.5) is 0 Å². The fraction of sp³-hybridized carbons (Fsp3) is 0.174. The number of halogens is 1. The molecule has 4 nitrogen and oxygen atoms in total. The Kier molecular flexibility index (Phi) is 4.89. The minimum absolute atomic E-state index is 0. The van der Waals surface area contributed by atoms with Crippen LogP contribution in [-0.4, -0.2) is 11.8 Å². The molecule has 0 saturated carbocycles. The van der Waals surface area contributed by atoms with Crippen molar-refractivity contribution in [3.8, 4) is 5.69 Å². The molecule has 0 saturated heterocycles. The highest BCUT2D eigenvalue weighted by molar-refractivity contribution is 7.26. The van der Waals surface area contributed by atoms with Crippen LogP contribution in [0.1, 0.15) is 34.2 Å². The van der Waals surface area contributed by atoms with Crippen LogP contribution in [0.15, 0.2) is 48.5 Å². The number of fused-ring (bicyclic) bond motifs is 5. The van der Waals surface area contributed by atoms with Crippen molar-refractivity contribution in [1.82, 2.24) is 5.32 Å². The average Bonchev–Trinajstić information content (AvgIpc) is 3.06. The van der Waals surface area contributed by atoms with Crippen LogP contribution in [0, 0.1) is 6.92 Å². The number of thiophene rings is 1. The number of imide groups is 1. The predicted octanol–water partition coefficient (Wildman–Crippen LogP) is 1.02. The van der Waals surface area contributed by atoms with Gasteiger partial charge in [-0.25, -0.2) is 0 Å². The van der Waals surface area contributed by atoms with Gasteiger partial charge in [0.2, 0.25) is 23.0 Å². The zero-order valence-corrected chi connectivity index (χ0v) is 17.7. The Labute approximate surface area is 178 Å². The van der Waals surface area contributed by atoms with E-state index in [1.807, 2.05) is 12.1 Å². The van der Waals surface area contributed by atoms with Crippen LogP contribution in [0.25, 0.3) is 25.9 Å². The molecule has 29 heavy (non-hydrogen) atoms. The summed E-state index contributed by atoms with van der Waals surface area (Å²) in [6, 6.07) is 16.4. The molecule has 6 heteroatoms. The molecule has 0 atom stereocenters. The average molecular weight is 423 g/mol. The lowest BCUT2D eigenvalue weighted by Gasteiger charge is -2.17. The van der Waals surface area contributed by atoms with E-state index in [1.165, 1.54) is 5.56 Å². The van der Waals surface area contributed by atoms with Crippen molar-refractivity contribution in [3.05, 3.63) is 71.0 Å². The molecule has 2 amide bonds. The van der Waals surface area contributed by atoms with Crippen molar-refractivity contribution in [2.45, 2.75) is 26.7 Å². The Morgan fingerprint density at radius 1 is 1.07 bits per heavy atom. The Balaban J connectivity index is 0.00000205. The Morgan fingerprint density at radius 2 is 1.79 bits per heavy atom. The monoisotopic (exact) mass is 422 g/mol. The number of aryl methyl sites for hydroxylation is 2. The highest BCUT2D eigenvalue weighted by Crippen LogP contribution is 2.39. The van der Waals surface area contributed by atoms with Crippen molar-refractivity contribution < 1.29 is 26.6 Å². The number of rotatable bonds is 2. The molecule has 0 radical (unpaired) electrons. The summed E-state index contributed by atoms with van der Waals surface area (Å²) in [5.74, 6) is -0.553. The molecule has 2 aromatic heterocycles. The van der Waals surface area contributed by atoms with E-state index < -0.39 is 0 Å². The Bertz CT molecular complexity index is 1290. The van der Waals surface area contributed by atoms with Gasteiger partial charge in [-0.1, -0.05) is 42.8 Å². The molecule has 5 rings (SSSR count). The van der Waals surface area contributed by atoms with Crippen LogP contribution in [0.5, 0.6) is 0 Å². The molecule has 2 aromatic carbocycles. The van der Waals surface area contributed by atoms with Gasteiger partial charge in [0.05, 0.1) is 0 Å². The van der Waals surface area contributed by atoms with Crippen molar-refractivity contribution >= 4 is 43.3 Å². The van der Waals surface area contributed by atoms with Crippen molar-refractivity contribution in [3.63, 3.8) is 0 Å². The quantitative estimate of drug-likeness (QED) is 0.387. The van der Waals surface area contributed by atoms with Crippen molar-refractivity contribution in [1.29, 1.82) is 0 Å². The molecule has 1 N–H and O–H groups in total. The molecule has 0 fully saturated rings. The van der Waals surface area contributed by atoms with Gasteiger partial charge >= 0.3 is 0 Å². The first-order valence-electron chi connectivity index (χ1n) is 9.40. The molecule has 4 aromatic rings. The van der Waals surface area contributed by atoms with Gasteiger partial charge in [-0.15, -0.1) is 11.3 Å². The topological polar surface area (TPSA) is 50.0 Å². The normalized spacial score (nSPS) is 13.3. The number of carbonyl (C=O) groups is 2. The van der Waals surface area contributed by atoms with Gasteiger partial charge < -0.3 is 12.4 Å². The molecule has 146 valence electrons. The lowest BCUT2D eigenvalue weighted by molar-refractivity contribution is -0.610. The second-order valence-corrected chi connectivity index (χ2v) is 8.20. The summed E-state index contributed by atoms with van der Waals surface area (Å²) in [6.07, 6.45) is 1.00. The van der Waals surface area contributed by atoms with Gasteiger partial charge in [0.25, 0.3) is 5.91 Å². The van der Waals surface area contributed by atoms with Gasteiger partial charge in [0.1, 0.15) is 16.7 Å². The maximum absolute atomic E-state index is 12.9. The number of amides is 2. The zero-order chi connectivity index (χ0) is 19.4. The van der Waals surface area contributed by atoms with Gasteiger partial charge in [0.15, 0.2) is 0 Å². The Hall–Kier alpha value is -2.76. The zero-order valence-electron chi connectivity index (χ0n) is 16.1. The van der Waals surface area contributed by atoms with E-state index in [1.54, 1.807) is 11.3 Å². The minimum Gasteiger partial charge on any atom is -1.00 e. The van der Waals surface area contributed by atoms with E-state index in [0.29, 0.717) is 5.56 Å². The van der Waals surface area contributed by atoms with Crippen LogP contribution in [0.2, 0.25) is 0 Å². The highest BCUT2D eigenvalue weighted by atomic mass is 35.5. The number of nitrogens with one attached hydrogen (secondary N) is 1. The molecule has 0 spiro atoms. The smallest absolute Gasteiger partial charge is 0.264 e. The summed E-state index contributed by atoms with van der Waals surface area (Å²) in [5.41, 5.74) is 4.71. The van der Waals surface area contributed by atoms with Crippen molar-refractivity contribution in [2.24, 2.45) is 0 Å². The number of nitrogens with zero attached hydrogens (tertiary/aromatic N) is 1. The van der Waals surface area contributed by atoms with E-state index in [-0.39, 0.29) is 30.6 Å². The molecule has 0 unspecified atom stereocenters. The van der Waals surface area contributed by atoms with Crippen molar-refractivity contribution in [2.75, 3.05) is 0 Å². The summed E-state index contributed by atoms with van der Waals surface area (Å²) in [6.45, 7) is 4.18. The number of hydrogen-bond acceptors (Lipinski definition) is 3. The number of hydrogen-bond donors (Lipinski definition) is 1. The molecule has 0 aliphatic carbocycles. The number of aromatic nitrogens is 1. The maximum Gasteiger partial charge on any atom is 0.264 e. The van der Waals surface area contributed by atoms with Crippen LogP contribution in [-0.2, 0) is 17.6 Å². The summed E-state index contributed by atoms with van der Waals surface area (Å²) in [7, 11) is 0. The van der Waals surface area contributed by atoms with E-state index >= 15 is 0 Å². The highest BCUT2D eigenvalue weighted by Gasteiger charge is 2.37. The molecule has 3 heterocycles. The van der Waals surface area contributed by atoms with E-state index in [9.17, 15) is 9.59 Å². The lowest BCUT2D eigenvalue weighted by atomic mass is 9.97. The Morgan fingerprint density at radius 3 is 2.52 bits per heavy atom. The fourth-order valence-electron chi connectivity index (χ4n) is 4.14. The third-order valence-corrected chi connectivity index (χ3v) is 6.59. The van der Waals surface area contributed by atoms with Gasteiger partial charge in [0, 0.05) is 34.0 Å². The standard InChI is InChI=1S/C23H18N2O2S.ClH/c1-3-16-22-20(15-6-4-5-7-18(15)28-22)21-17(12-19(26)24-23(21)27)25(16)14-10-8-13(2)9-11-14;/h4-11H,3,12H2,1-2H3;1H. The van der Waals surface area contributed by atoms with Crippen LogP contribution < -0.4 is 22.3 Å². The summed E-state index contributed by atoms with van der Waals surface area (Å²) >= 11 is 1.71.